The van der Waals surface area contributed by atoms with Gasteiger partial charge in [0, 0.05) is 18.1 Å². The van der Waals surface area contributed by atoms with Gasteiger partial charge in [-0.2, -0.15) is 0 Å². The van der Waals surface area contributed by atoms with Crippen molar-refractivity contribution >= 4 is 12.2 Å². The van der Waals surface area contributed by atoms with E-state index in [1.807, 2.05) is 13.8 Å². The molecule has 1 N–H and O–H groups in total. The fourth-order valence-corrected chi connectivity index (χ4v) is 1.64. The standard InChI is InChI=1S/C13H23NO4/c1-9(2)11(12(15)16)14-6-5-10-17-7-13(3,4)8-18-10/h6,9-11H,5,7-8H2,1-4H3,(H,15,16)/t11-/m0/s1. The zero-order chi connectivity index (χ0) is 13.8. The van der Waals surface area contributed by atoms with E-state index >= 15 is 0 Å². The first-order valence-electron chi connectivity index (χ1n) is 6.29. The van der Waals surface area contributed by atoms with Gasteiger partial charge < -0.3 is 14.6 Å². The highest BCUT2D eigenvalue weighted by atomic mass is 16.7. The molecular weight excluding hydrogens is 234 g/mol. The summed E-state index contributed by atoms with van der Waals surface area (Å²) >= 11 is 0. The lowest BCUT2D eigenvalue weighted by Crippen LogP contribution is -2.37. The van der Waals surface area contributed by atoms with Crippen LogP contribution in [0.2, 0.25) is 0 Å². The highest BCUT2D eigenvalue weighted by Gasteiger charge is 2.28. The van der Waals surface area contributed by atoms with E-state index in [4.69, 9.17) is 14.6 Å². The monoisotopic (exact) mass is 257 g/mol. The van der Waals surface area contributed by atoms with E-state index in [-0.39, 0.29) is 17.6 Å². The Morgan fingerprint density at radius 2 is 2.00 bits per heavy atom. The fourth-order valence-electron chi connectivity index (χ4n) is 1.64. The summed E-state index contributed by atoms with van der Waals surface area (Å²) in [6, 6.07) is -0.690. The minimum atomic E-state index is -0.895. The summed E-state index contributed by atoms with van der Waals surface area (Å²) in [5.41, 5.74) is 0.0508. The van der Waals surface area contributed by atoms with Crippen molar-refractivity contribution in [3.05, 3.63) is 0 Å². The molecule has 0 spiro atoms. The maximum atomic E-state index is 10.9. The number of aliphatic carboxylic acids is 1. The van der Waals surface area contributed by atoms with E-state index < -0.39 is 12.0 Å². The third-order valence-corrected chi connectivity index (χ3v) is 2.77. The highest BCUT2D eigenvalue weighted by Crippen LogP contribution is 2.23. The van der Waals surface area contributed by atoms with Gasteiger partial charge in [0.2, 0.25) is 0 Å². The number of rotatable bonds is 5. The predicted molar refractivity (Wildman–Crippen MR) is 68.8 cm³/mol. The summed E-state index contributed by atoms with van der Waals surface area (Å²) in [5.74, 6) is -0.918. The van der Waals surface area contributed by atoms with Crippen LogP contribution in [0.4, 0.5) is 0 Å². The lowest BCUT2D eigenvalue weighted by Gasteiger charge is -2.34. The summed E-state index contributed by atoms with van der Waals surface area (Å²) in [6.07, 6.45) is 1.79. The van der Waals surface area contributed by atoms with Gasteiger partial charge in [-0.05, 0) is 5.92 Å². The maximum Gasteiger partial charge on any atom is 0.328 e. The Morgan fingerprint density at radius 3 is 2.44 bits per heavy atom. The van der Waals surface area contributed by atoms with Crippen molar-refractivity contribution in [1.82, 2.24) is 0 Å². The van der Waals surface area contributed by atoms with Gasteiger partial charge in [-0.3, -0.25) is 4.99 Å². The molecule has 1 atom stereocenters. The fraction of sp³-hybridized carbons (Fsp3) is 0.846. The Kier molecular flexibility index (Phi) is 5.28. The maximum absolute atomic E-state index is 10.9. The van der Waals surface area contributed by atoms with E-state index in [1.54, 1.807) is 6.21 Å². The molecule has 0 bridgehead atoms. The van der Waals surface area contributed by atoms with Gasteiger partial charge in [-0.15, -0.1) is 0 Å². The van der Waals surface area contributed by atoms with Crippen LogP contribution in [0.1, 0.15) is 34.1 Å². The molecule has 1 aliphatic heterocycles. The van der Waals surface area contributed by atoms with Gasteiger partial charge in [-0.1, -0.05) is 27.7 Å². The largest absolute Gasteiger partial charge is 0.480 e. The van der Waals surface area contributed by atoms with Crippen LogP contribution < -0.4 is 0 Å². The first-order chi connectivity index (χ1) is 8.32. The number of aliphatic imine (C=N–C) groups is 1. The van der Waals surface area contributed by atoms with E-state index in [9.17, 15) is 4.79 Å². The number of nitrogens with zero attached hydrogens (tertiary/aromatic N) is 1. The molecule has 0 aliphatic carbocycles. The molecule has 0 saturated carbocycles. The topological polar surface area (TPSA) is 68.1 Å². The van der Waals surface area contributed by atoms with Gasteiger partial charge in [-0.25, -0.2) is 4.79 Å². The first-order valence-corrected chi connectivity index (χ1v) is 6.29. The number of hydrogen-bond donors (Lipinski definition) is 1. The van der Waals surface area contributed by atoms with E-state index in [1.165, 1.54) is 0 Å². The Bertz CT molecular complexity index is 302. The molecule has 0 aromatic heterocycles. The van der Waals surface area contributed by atoms with Crippen LogP contribution in [-0.4, -0.2) is 42.8 Å². The van der Waals surface area contributed by atoms with E-state index in [2.05, 4.69) is 18.8 Å². The van der Waals surface area contributed by atoms with Crippen molar-refractivity contribution in [1.29, 1.82) is 0 Å². The molecule has 0 unspecified atom stereocenters. The Hall–Kier alpha value is -0.940. The van der Waals surface area contributed by atoms with Crippen LogP contribution >= 0.6 is 0 Å². The van der Waals surface area contributed by atoms with Crippen molar-refractivity contribution in [2.24, 2.45) is 16.3 Å². The second-order valence-corrected chi connectivity index (χ2v) is 5.81. The molecule has 18 heavy (non-hydrogen) atoms. The van der Waals surface area contributed by atoms with Gasteiger partial charge in [0.15, 0.2) is 6.29 Å². The molecule has 0 amide bonds. The SMILES string of the molecule is CC(C)[C@H](N=CCC1OCC(C)(C)CO1)C(=O)O. The molecular formula is C13H23NO4. The average molecular weight is 257 g/mol. The Balaban J connectivity index is 2.39. The van der Waals surface area contributed by atoms with Crippen molar-refractivity contribution in [3.63, 3.8) is 0 Å². The van der Waals surface area contributed by atoms with Crippen LogP contribution in [0, 0.1) is 11.3 Å². The van der Waals surface area contributed by atoms with Crippen LogP contribution in [0.5, 0.6) is 0 Å². The van der Waals surface area contributed by atoms with Gasteiger partial charge in [0.05, 0.1) is 13.2 Å². The number of carboxylic acids is 1. The third-order valence-electron chi connectivity index (χ3n) is 2.77. The number of hydrogen-bond acceptors (Lipinski definition) is 4. The molecule has 5 nitrogen and oxygen atoms in total. The summed E-state index contributed by atoms with van der Waals surface area (Å²) in [6.45, 7) is 9.14. The van der Waals surface area contributed by atoms with Crippen LogP contribution in [-0.2, 0) is 14.3 Å². The second kappa shape index (κ2) is 6.29. The Labute approximate surface area is 108 Å². The summed E-state index contributed by atoms with van der Waals surface area (Å²) < 4.78 is 11.1. The minimum absolute atomic E-state index is 0.0223. The molecule has 1 heterocycles. The molecule has 104 valence electrons. The molecule has 0 aromatic rings. The highest BCUT2D eigenvalue weighted by molar-refractivity contribution is 5.76. The van der Waals surface area contributed by atoms with E-state index in [0.29, 0.717) is 19.6 Å². The lowest BCUT2D eigenvalue weighted by atomic mass is 9.95. The molecule has 1 saturated heterocycles. The predicted octanol–water partition coefficient (Wildman–Crippen LogP) is 1.96. The Morgan fingerprint density at radius 1 is 1.44 bits per heavy atom. The second-order valence-electron chi connectivity index (χ2n) is 5.81. The molecule has 1 fully saturated rings. The van der Waals surface area contributed by atoms with Crippen LogP contribution in [0.15, 0.2) is 4.99 Å². The smallest absolute Gasteiger partial charge is 0.328 e. The summed E-state index contributed by atoms with van der Waals surface area (Å²) in [7, 11) is 0. The molecule has 0 radical (unpaired) electrons. The molecule has 5 heteroatoms. The van der Waals surface area contributed by atoms with Gasteiger partial charge in [0.1, 0.15) is 6.04 Å². The van der Waals surface area contributed by atoms with Crippen molar-refractivity contribution < 1.29 is 19.4 Å². The zero-order valence-corrected chi connectivity index (χ0v) is 11.5. The van der Waals surface area contributed by atoms with Crippen LogP contribution in [0.25, 0.3) is 0 Å². The molecule has 0 aromatic carbocycles. The number of carbonyl (C=O) groups is 1. The van der Waals surface area contributed by atoms with E-state index in [0.717, 1.165) is 0 Å². The van der Waals surface area contributed by atoms with Crippen molar-refractivity contribution in [2.75, 3.05) is 13.2 Å². The number of carboxylic acid groups (broad SMARTS) is 1. The van der Waals surface area contributed by atoms with Gasteiger partial charge in [0.25, 0.3) is 0 Å². The number of ether oxygens (including phenoxy) is 2. The zero-order valence-electron chi connectivity index (χ0n) is 11.5. The molecule has 1 rings (SSSR count). The van der Waals surface area contributed by atoms with Crippen molar-refractivity contribution in [2.45, 2.75) is 46.4 Å². The van der Waals surface area contributed by atoms with Crippen LogP contribution in [0.3, 0.4) is 0 Å². The molecule has 1 aliphatic rings. The van der Waals surface area contributed by atoms with Gasteiger partial charge >= 0.3 is 5.97 Å². The lowest BCUT2D eigenvalue weighted by molar-refractivity contribution is -0.217. The third kappa shape index (κ3) is 4.74. The first kappa shape index (κ1) is 15.1. The average Bonchev–Trinajstić information content (AvgIpc) is 2.25. The normalized spacial score (nSPS) is 22.5. The summed E-state index contributed by atoms with van der Waals surface area (Å²) in [5, 5.41) is 8.97. The van der Waals surface area contributed by atoms with Crippen molar-refractivity contribution in [3.8, 4) is 0 Å². The minimum Gasteiger partial charge on any atom is -0.480 e. The quantitative estimate of drug-likeness (QED) is 0.764. The summed E-state index contributed by atoms with van der Waals surface area (Å²) in [4.78, 5) is 15.0.